The van der Waals surface area contributed by atoms with Crippen LogP contribution < -0.4 is 4.90 Å². The van der Waals surface area contributed by atoms with Gasteiger partial charge in [-0.3, -0.25) is 4.79 Å². The van der Waals surface area contributed by atoms with Crippen LogP contribution in [0, 0.1) is 58.2 Å². The quantitative estimate of drug-likeness (QED) is 0.211. The van der Waals surface area contributed by atoms with Crippen LogP contribution in [0.15, 0.2) is 24.3 Å². The van der Waals surface area contributed by atoms with E-state index in [0.717, 1.165) is 65.9 Å². The highest BCUT2D eigenvalue weighted by Gasteiger charge is 2.61. The van der Waals surface area contributed by atoms with Crippen molar-refractivity contribution in [1.29, 1.82) is 0 Å². The molecule has 1 heterocycles. The van der Waals surface area contributed by atoms with Gasteiger partial charge in [0.05, 0.1) is 0 Å². The highest BCUT2D eigenvalue weighted by molar-refractivity contribution is 5.96. The van der Waals surface area contributed by atoms with E-state index in [9.17, 15) is 4.79 Å². The molecule has 6 fully saturated rings. The fourth-order valence-corrected chi connectivity index (χ4v) is 12.1. The SMILES string of the molecule is CC[C@H]1CC2C3CCC([C@H](C)CCC(=O)c4ccc(N5CC5CCC5CC5)cc4)C3(C)CC[C@@H]2C2(C)CCCCC12. The number of nitrogens with zero attached hydrogens (tertiary/aromatic N) is 1. The van der Waals surface area contributed by atoms with E-state index in [1.165, 1.54) is 102 Å². The summed E-state index contributed by atoms with van der Waals surface area (Å²) in [5.41, 5.74) is 3.35. The average Bonchev–Trinajstić information content (AvgIpc) is 3.91. The Hall–Kier alpha value is -1.31. The summed E-state index contributed by atoms with van der Waals surface area (Å²) in [6.07, 6.45) is 22.1. The molecule has 1 aromatic rings. The Morgan fingerprint density at radius 2 is 1.68 bits per heavy atom. The van der Waals surface area contributed by atoms with Crippen LogP contribution in [0.3, 0.4) is 0 Å². The molecule has 5 aliphatic carbocycles. The first-order valence-corrected chi connectivity index (χ1v) is 18.2. The zero-order valence-electron chi connectivity index (χ0n) is 26.9. The van der Waals surface area contributed by atoms with Crippen LogP contribution in [-0.2, 0) is 0 Å². The Morgan fingerprint density at radius 1 is 0.902 bits per heavy atom. The van der Waals surface area contributed by atoms with Crippen molar-refractivity contribution < 1.29 is 4.79 Å². The zero-order valence-corrected chi connectivity index (χ0v) is 26.9. The van der Waals surface area contributed by atoms with Crippen molar-refractivity contribution in [3.8, 4) is 0 Å². The molecule has 0 amide bonds. The second-order valence-corrected chi connectivity index (χ2v) is 16.7. The molecule has 0 bridgehead atoms. The molecule has 2 heteroatoms. The van der Waals surface area contributed by atoms with Gasteiger partial charge in [-0.05, 0) is 147 Å². The highest BCUT2D eigenvalue weighted by atomic mass is 16.1. The van der Waals surface area contributed by atoms with E-state index in [1.807, 2.05) is 0 Å². The van der Waals surface area contributed by atoms with E-state index in [4.69, 9.17) is 0 Å². The predicted octanol–water partition coefficient (Wildman–Crippen LogP) is 10.3. The van der Waals surface area contributed by atoms with Gasteiger partial charge in [0.15, 0.2) is 5.78 Å². The summed E-state index contributed by atoms with van der Waals surface area (Å²) in [5, 5.41) is 0. The van der Waals surface area contributed by atoms with Crippen LogP contribution in [0.5, 0.6) is 0 Å². The molecular formula is C39H59NO. The number of hydrogen-bond acceptors (Lipinski definition) is 2. The lowest BCUT2D eigenvalue weighted by Crippen LogP contribution is -2.55. The molecule has 0 aromatic heterocycles. The van der Waals surface area contributed by atoms with Crippen LogP contribution in [-0.4, -0.2) is 18.4 Å². The molecule has 7 unspecified atom stereocenters. The van der Waals surface area contributed by atoms with Crippen molar-refractivity contribution in [3.05, 3.63) is 29.8 Å². The molecule has 226 valence electrons. The number of carbonyl (C=O) groups is 1. The van der Waals surface area contributed by atoms with E-state index in [1.54, 1.807) is 0 Å². The largest absolute Gasteiger partial charge is 0.365 e. The summed E-state index contributed by atoms with van der Waals surface area (Å²) in [7, 11) is 0. The summed E-state index contributed by atoms with van der Waals surface area (Å²) in [6, 6.07) is 9.39. The molecule has 0 spiro atoms. The normalized spacial score (nSPS) is 42.2. The summed E-state index contributed by atoms with van der Waals surface area (Å²) < 4.78 is 0. The Labute approximate surface area is 251 Å². The van der Waals surface area contributed by atoms with Gasteiger partial charge in [0.2, 0.25) is 0 Å². The number of Topliss-reactive ketones (excluding diaryl/α,β-unsaturated/α-hetero) is 1. The van der Waals surface area contributed by atoms with Crippen molar-refractivity contribution in [2.24, 2.45) is 58.2 Å². The van der Waals surface area contributed by atoms with Gasteiger partial charge < -0.3 is 4.90 Å². The minimum Gasteiger partial charge on any atom is -0.365 e. The Balaban J connectivity index is 0.953. The van der Waals surface area contributed by atoms with E-state index in [2.05, 4.69) is 56.9 Å². The molecule has 2 nitrogen and oxygen atoms in total. The van der Waals surface area contributed by atoms with Crippen LogP contribution in [0.2, 0.25) is 0 Å². The van der Waals surface area contributed by atoms with Crippen molar-refractivity contribution in [2.45, 2.75) is 136 Å². The van der Waals surface area contributed by atoms with Gasteiger partial charge in [0.25, 0.3) is 0 Å². The minimum atomic E-state index is 0.359. The average molecular weight is 558 g/mol. The maximum absolute atomic E-state index is 13.3. The summed E-state index contributed by atoms with van der Waals surface area (Å²) in [4.78, 5) is 15.8. The smallest absolute Gasteiger partial charge is 0.162 e. The minimum absolute atomic E-state index is 0.359. The number of hydrogen-bond donors (Lipinski definition) is 0. The van der Waals surface area contributed by atoms with Crippen molar-refractivity contribution in [2.75, 3.05) is 11.4 Å². The monoisotopic (exact) mass is 557 g/mol. The van der Waals surface area contributed by atoms with E-state index >= 15 is 0 Å². The van der Waals surface area contributed by atoms with Gasteiger partial charge in [0, 0.05) is 30.3 Å². The fourth-order valence-electron chi connectivity index (χ4n) is 12.1. The molecule has 1 aliphatic heterocycles. The molecule has 6 aliphatic rings. The van der Waals surface area contributed by atoms with Crippen LogP contribution in [0.1, 0.15) is 141 Å². The Kier molecular flexibility index (Phi) is 7.63. The second-order valence-electron chi connectivity index (χ2n) is 16.7. The van der Waals surface area contributed by atoms with Gasteiger partial charge in [-0.2, -0.15) is 0 Å². The highest BCUT2D eigenvalue weighted by Crippen LogP contribution is 2.69. The third-order valence-electron chi connectivity index (χ3n) is 14.7. The van der Waals surface area contributed by atoms with Crippen LogP contribution in [0.4, 0.5) is 5.69 Å². The van der Waals surface area contributed by atoms with Gasteiger partial charge in [-0.15, -0.1) is 0 Å². The predicted molar refractivity (Wildman–Crippen MR) is 171 cm³/mol. The van der Waals surface area contributed by atoms with Crippen LogP contribution >= 0.6 is 0 Å². The number of rotatable bonds is 10. The third-order valence-corrected chi connectivity index (χ3v) is 14.7. The number of ketones is 1. The van der Waals surface area contributed by atoms with E-state index in [0.29, 0.717) is 22.5 Å². The Bertz CT molecular complexity index is 1090. The first-order valence-electron chi connectivity index (χ1n) is 18.2. The lowest BCUT2D eigenvalue weighted by molar-refractivity contribution is -0.138. The topological polar surface area (TPSA) is 20.1 Å². The number of benzene rings is 1. The molecule has 1 saturated heterocycles. The van der Waals surface area contributed by atoms with Gasteiger partial charge in [-0.25, -0.2) is 0 Å². The number of fused-ring (bicyclic) bond motifs is 5. The zero-order chi connectivity index (χ0) is 28.4. The third kappa shape index (κ3) is 5.14. The molecule has 41 heavy (non-hydrogen) atoms. The van der Waals surface area contributed by atoms with E-state index < -0.39 is 0 Å². The number of carbonyl (C=O) groups excluding carboxylic acids is 1. The molecule has 1 aromatic carbocycles. The summed E-state index contributed by atoms with van der Waals surface area (Å²) in [6.45, 7) is 11.6. The fraction of sp³-hybridized carbons (Fsp3) is 0.821. The molecule has 10 atom stereocenters. The van der Waals surface area contributed by atoms with Gasteiger partial charge in [0.1, 0.15) is 0 Å². The first-order chi connectivity index (χ1) is 19.8. The molecule has 7 rings (SSSR count). The maximum atomic E-state index is 13.3. The lowest BCUT2D eigenvalue weighted by atomic mass is 9.42. The van der Waals surface area contributed by atoms with Gasteiger partial charge >= 0.3 is 0 Å². The van der Waals surface area contributed by atoms with Crippen molar-refractivity contribution in [1.82, 2.24) is 0 Å². The molecule has 0 N–H and O–H groups in total. The molecule has 5 saturated carbocycles. The number of anilines is 1. The van der Waals surface area contributed by atoms with Crippen LogP contribution in [0.25, 0.3) is 0 Å². The van der Waals surface area contributed by atoms with Gasteiger partial charge in [-0.1, -0.05) is 59.8 Å². The van der Waals surface area contributed by atoms with Crippen molar-refractivity contribution >= 4 is 11.5 Å². The lowest BCUT2D eigenvalue weighted by Gasteiger charge is -2.63. The summed E-state index contributed by atoms with van der Waals surface area (Å²) in [5.74, 6) is 7.68. The molecular weight excluding hydrogens is 498 g/mol. The Morgan fingerprint density at radius 3 is 2.44 bits per heavy atom. The van der Waals surface area contributed by atoms with Crippen molar-refractivity contribution in [3.63, 3.8) is 0 Å². The molecule has 0 radical (unpaired) electrons. The standard InChI is InChI=1S/C39H59NO/c1-5-28-24-32-35-19-18-33(39(35,4)23-21-36(32)38(3)22-7-6-8-34(28)38)26(2)9-20-37(41)29-13-16-30(17-14-29)40-25-31(40)15-12-27-10-11-27/h13-14,16-17,26-28,31-36H,5-12,15,18-25H2,1-4H3/t26-,28+,31?,32?,33?,34?,35?,36+,38?,39?,40?/m1/s1. The first kappa shape index (κ1) is 28.5. The second kappa shape index (κ2) is 11.0. The van der Waals surface area contributed by atoms with E-state index in [-0.39, 0.29) is 0 Å². The summed E-state index contributed by atoms with van der Waals surface area (Å²) >= 11 is 0. The maximum Gasteiger partial charge on any atom is 0.162 e.